The van der Waals surface area contributed by atoms with E-state index in [9.17, 15) is 4.79 Å². The first-order valence-electron chi connectivity index (χ1n) is 8.76. The minimum Gasteiger partial charge on any atom is -0.370 e. The predicted molar refractivity (Wildman–Crippen MR) is 90.0 cm³/mol. The number of piperidine rings is 1. The van der Waals surface area contributed by atoms with Crippen molar-refractivity contribution in [2.24, 2.45) is 0 Å². The molecule has 6 heteroatoms. The van der Waals surface area contributed by atoms with E-state index < -0.39 is 5.60 Å². The van der Waals surface area contributed by atoms with Crippen LogP contribution in [0.1, 0.15) is 35.3 Å². The van der Waals surface area contributed by atoms with Crippen LogP contribution in [0.2, 0.25) is 0 Å². The predicted octanol–water partition coefficient (Wildman–Crippen LogP) is 2.66. The average molecular weight is 342 g/mol. The Morgan fingerprint density at radius 1 is 1.32 bits per heavy atom. The van der Waals surface area contributed by atoms with E-state index >= 15 is 0 Å². The number of aromatic nitrogens is 1. The summed E-state index contributed by atoms with van der Waals surface area (Å²) in [6, 6.07) is 11.7. The molecule has 2 atom stereocenters. The first-order valence-corrected chi connectivity index (χ1v) is 8.76. The van der Waals surface area contributed by atoms with Crippen LogP contribution in [0.15, 0.2) is 47.2 Å². The fraction of sp³-hybridized carbons (Fsp3) is 0.474. The number of benzene rings is 1. The van der Waals surface area contributed by atoms with E-state index in [-0.39, 0.29) is 12.0 Å². The molecule has 2 saturated heterocycles. The molecule has 1 aromatic heterocycles. The Bertz CT molecular complexity index is 695. The summed E-state index contributed by atoms with van der Waals surface area (Å²) in [5.41, 5.74) is 1.08. The van der Waals surface area contributed by atoms with Crippen molar-refractivity contribution in [3.63, 3.8) is 0 Å². The van der Waals surface area contributed by atoms with Crippen molar-refractivity contribution in [1.29, 1.82) is 0 Å². The molecule has 1 amide bonds. The van der Waals surface area contributed by atoms with Gasteiger partial charge < -0.3 is 18.9 Å². The quantitative estimate of drug-likeness (QED) is 0.855. The van der Waals surface area contributed by atoms with Gasteiger partial charge in [0.1, 0.15) is 11.9 Å². The molecule has 0 unspecified atom stereocenters. The molecule has 3 heterocycles. The monoisotopic (exact) mass is 342 g/mol. The maximum atomic E-state index is 12.6. The van der Waals surface area contributed by atoms with Crippen LogP contribution in [-0.4, -0.2) is 47.4 Å². The molecular formula is C19H22N2O4. The number of carbonyl (C=O) groups is 1. The van der Waals surface area contributed by atoms with Crippen molar-refractivity contribution in [2.45, 2.75) is 37.6 Å². The van der Waals surface area contributed by atoms with E-state index in [4.69, 9.17) is 14.0 Å². The molecule has 0 bridgehead atoms. The van der Waals surface area contributed by atoms with Crippen LogP contribution in [0.3, 0.4) is 0 Å². The summed E-state index contributed by atoms with van der Waals surface area (Å²) in [6.45, 7) is 2.46. The molecule has 0 aliphatic carbocycles. The van der Waals surface area contributed by atoms with Crippen molar-refractivity contribution in [3.8, 4) is 0 Å². The first-order chi connectivity index (χ1) is 12.3. The highest BCUT2D eigenvalue weighted by atomic mass is 16.6. The SMILES string of the molecule is O=C(c1ccon1)N1CC[C@H](OCc2ccccc2)[C@]2(CCCO2)C1. The van der Waals surface area contributed by atoms with Crippen LogP contribution >= 0.6 is 0 Å². The summed E-state index contributed by atoms with van der Waals surface area (Å²) in [4.78, 5) is 14.4. The van der Waals surface area contributed by atoms with Crippen molar-refractivity contribution in [3.05, 3.63) is 53.9 Å². The lowest BCUT2D eigenvalue weighted by molar-refractivity contribution is -0.153. The van der Waals surface area contributed by atoms with Gasteiger partial charge in [-0.1, -0.05) is 35.5 Å². The molecule has 2 aliphatic heterocycles. The summed E-state index contributed by atoms with van der Waals surface area (Å²) in [7, 11) is 0. The minimum atomic E-state index is -0.410. The molecule has 2 aromatic rings. The highest BCUT2D eigenvalue weighted by Gasteiger charge is 2.48. The lowest BCUT2D eigenvalue weighted by atomic mass is 9.86. The van der Waals surface area contributed by atoms with E-state index in [1.165, 1.54) is 6.26 Å². The normalized spacial score (nSPS) is 26.2. The van der Waals surface area contributed by atoms with Crippen molar-refractivity contribution in [2.75, 3.05) is 19.7 Å². The molecule has 1 spiro atoms. The van der Waals surface area contributed by atoms with Crippen LogP contribution in [0.5, 0.6) is 0 Å². The Morgan fingerprint density at radius 2 is 2.20 bits per heavy atom. The van der Waals surface area contributed by atoms with E-state index in [1.807, 2.05) is 23.1 Å². The van der Waals surface area contributed by atoms with Crippen LogP contribution in [0, 0.1) is 0 Å². The van der Waals surface area contributed by atoms with Crippen LogP contribution in [-0.2, 0) is 16.1 Å². The molecule has 0 saturated carbocycles. The second-order valence-corrected chi connectivity index (χ2v) is 6.70. The molecular weight excluding hydrogens is 320 g/mol. The van der Waals surface area contributed by atoms with E-state index in [0.29, 0.717) is 25.4 Å². The van der Waals surface area contributed by atoms with Gasteiger partial charge in [-0.2, -0.15) is 0 Å². The van der Waals surface area contributed by atoms with Gasteiger partial charge in [-0.15, -0.1) is 0 Å². The van der Waals surface area contributed by atoms with Crippen molar-refractivity contribution >= 4 is 5.91 Å². The molecule has 0 radical (unpaired) electrons. The van der Waals surface area contributed by atoms with Gasteiger partial charge in [0, 0.05) is 19.2 Å². The third-order valence-electron chi connectivity index (χ3n) is 5.08. The molecule has 6 nitrogen and oxygen atoms in total. The van der Waals surface area contributed by atoms with Gasteiger partial charge in [0.05, 0.1) is 19.3 Å². The highest BCUT2D eigenvalue weighted by molar-refractivity contribution is 5.92. The highest BCUT2D eigenvalue weighted by Crippen LogP contribution is 2.37. The standard InChI is InChI=1S/C19H22N2O4/c22-18(16-8-12-25-20-16)21-10-7-17(19(14-21)9-4-11-24-19)23-13-15-5-2-1-3-6-15/h1-3,5-6,8,12,17H,4,7,9-11,13-14H2/t17-,19-/m0/s1. The van der Waals surface area contributed by atoms with E-state index in [2.05, 4.69) is 17.3 Å². The number of amides is 1. The number of hydrogen-bond acceptors (Lipinski definition) is 5. The number of ether oxygens (including phenoxy) is 2. The summed E-state index contributed by atoms with van der Waals surface area (Å²) < 4.78 is 17.1. The van der Waals surface area contributed by atoms with Crippen molar-refractivity contribution in [1.82, 2.24) is 10.1 Å². The number of rotatable bonds is 4. The third kappa shape index (κ3) is 3.32. The molecule has 25 heavy (non-hydrogen) atoms. The Hall–Kier alpha value is -2.18. The van der Waals surface area contributed by atoms with Gasteiger partial charge in [-0.3, -0.25) is 4.79 Å². The molecule has 1 aromatic carbocycles. The third-order valence-corrected chi connectivity index (χ3v) is 5.08. The largest absolute Gasteiger partial charge is 0.370 e. The number of likely N-dealkylation sites (tertiary alicyclic amines) is 1. The van der Waals surface area contributed by atoms with Crippen molar-refractivity contribution < 1.29 is 18.8 Å². The summed E-state index contributed by atoms with van der Waals surface area (Å²) >= 11 is 0. The second-order valence-electron chi connectivity index (χ2n) is 6.70. The van der Waals surface area contributed by atoms with Crippen LogP contribution in [0.4, 0.5) is 0 Å². The lowest BCUT2D eigenvalue weighted by Gasteiger charge is -2.45. The summed E-state index contributed by atoms with van der Waals surface area (Å²) in [6.07, 6.45) is 4.09. The fourth-order valence-corrected chi connectivity index (χ4v) is 3.80. The van der Waals surface area contributed by atoms with Gasteiger partial charge in [0.15, 0.2) is 5.69 Å². The molecule has 0 N–H and O–H groups in total. The van der Waals surface area contributed by atoms with Crippen LogP contribution < -0.4 is 0 Å². The van der Waals surface area contributed by atoms with Gasteiger partial charge >= 0.3 is 0 Å². The average Bonchev–Trinajstić information content (AvgIpc) is 3.34. The smallest absolute Gasteiger partial charge is 0.276 e. The maximum absolute atomic E-state index is 12.6. The zero-order chi connectivity index (χ0) is 17.1. The van der Waals surface area contributed by atoms with Gasteiger partial charge in [-0.05, 0) is 24.8 Å². The second kappa shape index (κ2) is 6.98. The van der Waals surface area contributed by atoms with Gasteiger partial charge in [0.25, 0.3) is 5.91 Å². The van der Waals surface area contributed by atoms with Gasteiger partial charge in [-0.25, -0.2) is 0 Å². The summed E-state index contributed by atoms with van der Waals surface area (Å²) in [5.74, 6) is -0.106. The Labute approximate surface area is 146 Å². The lowest BCUT2D eigenvalue weighted by Crippen LogP contribution is -2.58. The van der Waals surface area contributed by atoms with Gasteiger partial charge in [0.2, 0.25) is 0 Å². The fourth-order valence-electron chi connectivity index (χ4n) is 3.80. The number of nitrogens with zero attached hydrogens (tertiary/aromatic N) is 2. The summed E-state index contributed by atoms with van der Waals surface area (Å²) in [5, 5.41) is 3.76. The Morgan fingerprint density at radius 3 is 2.92 bits per heavy atom. The first kappa shape index (κ1) is 16.3. The maximum Gasteiger partial charge on any atom is 0.276 e. The van der Waals surface area contributed by atoms with Crippen LogP contribution in [0.25, 0.3) is 0 Å². The zero-order valence-electron chi connectivity index (χ0n) is 14.1. The number of hydrogen-bond donors (Lipinski definition) is 0. The van der Waals surface area contributed by atoms with E-state index in [0.717, 1.165) is 31.4 Å². The van der Waals surface area contributed by atoms with E-state index in [1.54, 1.807) is 6.07 Å². The molecule has 132 valence electrons. The molecule has 2 aliphatic rings. The minimum absolute atomic E-state index is 0.00318. The number of carbonyl (C=O) groups excluding carboxylic acids is 1. The topological polar surface area (TPSA) is 64.8 Å². The Kier molecular flexibility index (Phi) is 4.55. The zero-order valence-corrected chi connectivity index (χ0v) is 14.1. The molecule has 4 rings (SSSR count). The Balaban J connectivity index is 1.46. The molecule has 2 fully saturated rings.